The normalized spacial score (nSPS) is 11.7. The molecule has 0 aliphatic carbocycles. The van der Waals surface area contributed by atoms with Crippen LogP contribution < -0.4 is 5.73 Å². The van der Waals surface area contributed by atoms with Crippen LogP contribution in [0.4, 0.5) is 10.2 Å². The van der Waals surface area contributed by atoms with Gasteiger partial charge in [0.1, 0.15) is 5.82 Å². The molecule has 0 fully saturated rings. The van der Waals surface area contributed by atoms with Crippen LogP contribution in [-0.4, -0.2) is 24.9 Å². The van der Waals surface area contributed by atoms with Gasteiger partial charge in [-0.1, -0.05) is 12.1 Å². The Kier molecular flexibility index (Phi) is 3.08. The third-order valence-corrected chi connectivity index (χ3v) is 3.20. The molecule has 0 saturated carbocycles. The largest absolute Gasteiger partial charge is 0.382 e. The van der Waals surface area contributed by atoms with E-state index in [0.717, 1.165) is 6.26 Å². The second-order valence-corrected chi connectivity index (χ2v) is 6.18. The molecule has 2 aromatic rings. The number of nitrogens with two attached hydrogens (primary N) is 1. The monoisotopic (exact) mass is 269 g/mol. The molecule has 0 aliphatic rings. The van der Waals surface area contributed by atoms with Crippen LogP contribution >= 0.6 is 0 Å². The minimum Gasteiger partial charge on any atom is -0.382 e. The fourth-order valence-corrected chi connectivity index (χ4v) is 2.46. The van der Waals surface area contributed by atoms with E-state index in [1.54, 1.807) is 6.07 Å². The minimum atomic E-state index is -3.23. The molecule has 1 aromatic carbocycles. The molecule has 0 bridgehead atoms. The fraction of sp³-hybridized carbons (Fsp3) is 0.182. The summed E-state index contributed by atoms with van der Waals surface area (Å²) in [4.78, 5) is 0. The van der Waals surface area contributed by atoms with E-state index >= 15 is 0 Å². The van der Waals surface area contributed by atoms with Crippen LogP contribution in [0.25, 0.3) is 11.1 Å². The van der Waals surface area contributed by atoms with E-state index in [1.807, 2.05) is 0 Å². The van der Waals surface area contributed by atoms with E-state index in [0.29, 0.717) is 16.8 Å². The first-order valence-corrected chi connectivity index (χ1v) is 7.19. The lowest BCUT2D eigenvalue weighted by atomic mass is 10.1. The van der Waals surface area contributed by atoms with Gasteiger partial charge in [-0.05, 0) is 17.7 Å². The molecule has 18 heavy (non-hydrogen) atoms. The van der Waals surface area contributed by atoms with Crippen molar-refractivity contribution in [3.05, 3.63) is 35.8 Å². The summed E-state index contributed by atoms with van der Waals surface area (Å²) < 4.78 is 35.8. The van der Waals surface area contributed by atoms with Crippen LogP contribution in [0, 0.1) is 5.82 Å². The van der Waals surface area contributed by atoms with Gasteiger partial charge in [0.05, 0.1) is 11.4 Å². The van der Waals surface area contributed by atoms with Crippen LogP contribution in [0.2, 0.25) is 0 Å². The number of H-pyrrole nitrogens is 1. The Labute approximate surface area is 104 Å². The summed E-state index contributed by atoms with van der Waals surface area (Å²) in [6.07, 6.45) is 1.11. The molecule has 1 heterocycles. The van der Waals surface area contributed by atoms with E-state index in [9.17, 15) is 12.8 Å². The molecule has 3 N–H and O–H groups in total. The minimum absolute atomic E-state index is 0.152. The van der Waals surface area contributed by atoms with Crippen LogP contribution in [0.3, 0.4) is 0 Å². The summed E-state index contributed by atoms with van der Waals surface area (Å²) in [6, 6.07) is 5.76. The highest BCUT2D eigenvalue weighted by Crippen LogP contribution is 2.29. The Bertz CT molecular complexity index is 679. The van der Waals surface area contributed by atoms with Crippen molar-refractivity contribution >= 4 is 15.7 Å². The number of nitrogens with zero attached hydrogens (tertiary/aromatic N) is 1. The van der Waals surface area contributed by atoms with Gasteiger partial charge in [-0.25, -0.2) is 12.8 Å². The molecule has 0 unspecified atom stereocenters. The predicted molar refractivity (Wildman–Crippen MR) is 66.9 cm³/mol. The van der Waals surface area contributed by atoms with Crippen molar-refractivity contribution in [3.8, 4) is 11.1 Å². The van der Waals surface area contributed by atoms with Crippen molar-refractivity contribution in [3.63, 3.8) is 0 Å². The summed E-state index contributed by atoms with van der Waals surface area (Å²) in [5.41, 5.74) is 6.97. The lowest BCUT2D eigenvalue weighted by molar-refractivity contribution is 0.600. The lowest BCUT2D eigenvalue weighted by Gasteiger charge is -2.03. The number of nitrogen functional groups attached to an aromatic ring is 1. The van der Waals surface area contributed by atoms with Crippen molar-refractivity contribution < 1.29 is 12.8 Å². The van der Waals surface area contributed by atoms with E-state index in [1.165, 1.54) is 18.2 Å². The third kappa shape index (κ3) is 2.67. The van der Waals surface area contributed by atoms with Crippen LogP contribution in [0.1, 0.15) is 5.69 Å². The maximum Gasteiger partial charge on any atom is 0.153 e. The van der Waals surface area contributed by atoms with E-state index in [4.69, 9.17) is 5.73 Å². The number of aromatic nitrogens is 2. The second-order valence-electron chi connectivity index (χ2n) is 4.04. The first-order chi connectivity index (χ1) is 8.37. The standard InChI is InChI=1S/C11H12FN3O2S/c1-18(16,17)6-9-10(11(13)15-14-9)7-3-2-4-8(12)5-7/h2-5H,6H2,1H3,(H3,13,14,15). The molecule has 0 aliphatic heterocycles. The Morgan fingerprint density at radius 1 is 1.44 bits per heavy atom. The lowest BCUT2D eigenvalue weighted by Crippen LogP contribution is -2.02. The summed E-state index contributed by atoms with van der Waals surface area (Å²) in [5.74, 6) is -0.485. The maximum atomic E-state index is 13.2. The number of benzene rings is 1. The van der Waals surface area contributed by atoms with Crippen molar-refractivity contribution in [2.45, 2.75) is 5.75 Å². The number of aromatic amines is 1. The van der Waals surface area contributed by atoms with Gasteiger partial charge in [0.15, 0.2) is 15.7 Å². The number of hydrogen-bond acceptors (Lipinski definition) is 4. The molecular formula is C11H12FN3O2S. The quantitative estimate of drug-likeness (QED) is 0.880. The van der Waals surface area contributed by atoms with Gasteiger partial charge in [0.2, 0.25) is 0 Å². The second kappa shape index (κ2) is 4.41. The molecule has 0 saturated heterocycles. The molecular weight excluding hydrogens is 257 g/mol. The number of halogens is 1. The first kappa shape index (κ1) is 12.6. The van der Waals surface area contributed by atoms with Crippen LogP contribution in [0.15, 0.2) is 24.3 Å². The molecule has 0 spiro atoms. The number of sulfone groups is 1. The number of nitrogens with one attached hydrogen (secondary N) is 1. The maximum absolute atomic E-state index is 13.2. The Morgan fingerprint density at radius 2 is 2.17 bits per heavy atom. The zero-order valence-electron chi connectivity index (χ0n) is 9.64. The van der Waals surface area contributed by atoms with E-state index in [2.05, 4.69) is 10.2 Å². The van der Waals surface area contributed by atoms with E-state index < -0.39 is 15.7 Å². The highest BCUT2D eigenvalue weighted by Gasteiger charge is 2.17. The summed E-state index contributed by atoms with van der Waals surface area (Å²) in [7, 11) is -3.23. The van der Waals surface area contributed by atoms with Gasteiger partial charge < -0.3 is 5.73 Å². The molecule has 96 valence electrons. The Balaban J connectivity index is 2.54. The summed E-state index contributed by atoms with van der Waals surface area (Å²) in [6.45, 7) is 0. The van der Waals surface area contributed by atoms with Crippen LogP contribution in [0.5, 0.6) is 0 Å². The van der Waals surface area contributed by atoms with Crippen molar-refractivity contribution in [2.75, 3.05) is 12.0 Å². The molecule has 0 atom stereocenters. The molecule has 0 radical (unpaired) electrons. The van der Waals surface area contributed by atoms with Crippen molar-refractivity contribution in [2.24, 2.45) is 0 Å². The van der Waals surface area contributed by atoms with Crippen LogP contribution in [-0.2, 0) is 15.6 Å². The highest BCUT2D eigenvalue weighted by molar-refractivity contribution is 7.89. The molecule has 0 amide bonds. The average Bonchev–Trinajstić information content (AvgIpc) is 2.57. The summed E-state index contributed by atoms with van der Waals surface area (Å²) >= 11 is 0. The summed E-state index contributed by atoms with van der Waals surface area (Å²) in [5, 5.41) is 6.34. The number of anilines is 1. The van der Waals surface area contributed by atoms with Gasteiger partial charge in [-0.3, -0.25) is 5.10 Å². The van der Waals surface area contributed by atoms with Gasteiger partial charge in [0, 0.05) is 11.8 Å². The topological polar surface area (TPSA) is 88.8 Å². The third-order valence-electron chi connectivity index (χ3n) is 2.39. The van der Waals surface area contributed by atoms with E-state index in [-0.39, 0.29) is 11.6 Å². The zero-order chi connectivity index (χ0) is 13.3. The van der Waals surface area contributed by atoms with Gasteiger partial charge >= 0.3 is 0 Å². The van der Waals surface area contributed by atoms with Crippen molar-refractivity contribution in [1.82, 2.24) is 10.2 Å². The highest BCUT2D eigenvalue weighted by atomic mass is 32.2. The predicted octanol–water partition coefficient (Wildman–Crippen LogP) is 1.34. The number of hydrogen-bond donors (Lipinski definition) is 2. The Hall–Kier alpha value is -1.89. The molecule has 2 rings (SSSR count). The van der Waals surface area contributed by atoms with Gasteiger partial charge in [0.25, 0.3) is 0 Å². The smallest absolute Gasteiger partial charge is 0.153 e. The van der Waals surface area contributed by atoms with Crippen molar-refractivity contribution in [1.29, 1.82) is 0 Å². The SMILES string of the molecule is CS(=O)(=O)Cc1[nH]nc(N)c1-c1cccc(F)c1. The Morgan fingerprint density at radius 3 is 2.78 bits per heavy atom. The van der Waals surface area contributed by atoms with Gasteiger partial charge in [-0.15, -0.1) is 0 Å². The molecule has 5 nitrogen and oxygen atoms in total. The number of rotatable bonds is 3. The average molecular weight is 269 g/mol. The first-order valence-electron chi connectivity index (χ1n) is 5.13. The fourth-order valence-electron chi connectivity index (χ4n) is 1.73. The zero-order valence-corrected chi connectivity index (χ0v) is 10.5. The van der Waals surface area contributed by atoms with Gasteiger partial charge in [-0.2, -0.15) is 5.10 Å². The molecule has 7 heteroatoms. The molecule has 1 aromatic heterocycles.